The lowest BCUT2D eigenvalue weighted by Crippen LogP contribution is -2.38. The number of aliphatic imine (C=N–C) groups is 1. The topological polar surface area (TPSA) is 87.6 Å². The number of hydrogen-bond donors (Lipinski definition) is 3. The van der Waals surface area contributed by atoms with Crippen LogP contribution in [-0.4, -0.2) is 37.1 Å². The van der Waals surface area contributed by atoms with Gasteiger partial charge >= 0.3 is 0 Å². The second-order valence-corrected chi connectivity index (χ2v) is 7.27. The van der Waals surface area contributed by atoms with Gasteiger partial charge in [-0.25, -0.2) is 9.98 Å². The van der Waals surface area contributed by atoms with Gasteiger partial charge in [-0.15, -0.1) is 11.3 Å². The predicted molar refractivity (Wildman–Crippen MR) is 111 cm³/mol. The number of rotatable bonds is 8. The van der Waals surface area contributed by atoms with Crippen molar-refractivity contribution in [1.29, 1.82) is 0 Å². The summed E-state index contributed by atoms with van der Waals surface area (Å²) >= 11 is 1.72. The minimum atomic E-state index is -0.138. The molecule has 1 aromatic carbocycles. The number of amides is 1. The third-order valence-electron chi connectivity index (χ3n) is 3.64. The van der Waals surface area contributed by atoms with Crippen LogP contribution in [-0.2, 0) is 17.8 Å². The van der Waals surface area contributed by atoms with Crippen LogP contribution in [0.3, 0.4) is 0 Å². The molecule has 0 saturated carbocycles. The van der Waals surface area contributed by atoms with Gasteiger partial charge in [0.1, 0.15) is 5.75 Å². The number of carbonyl (C=O) groups is 1. The first-order valence-electron chi connectivity index (χ1n) is 8.89. The number of nitrogens with zero attached hydrogens (tertiary/aromatic N) is 2. The minimum absolute atomic E-state index is 0.138. The van der Waals surface area contributed by atoms with Crippen LogP contribution in [0.1, 0.15) is 29.3 Å². The van der Waals surface area contributed by atoms with Crippen molar-refractivity contribution in [1.82, 2.24) is 15.6 Å². The molecule has 2 rings (SSSR count). The largest absolute Gasteiger partial charge is 0.495 e. The average molecular weight is 390 g/mol. The highest BCUT2D eigenvalue weighted by Crippen LogP contribution is 2.25. The highest BCUT2D eigenvalue weighted by molar-refractivity contribution is 7.11. The molecule has 0 bridgehead atoms. The van der Waals surface area contributed by atoms with Crippen LogP contribution in [0.2, 0.25) is 0 Å². The Morgan fingerprint density at radius 3 is 2.78 bits per heavy atom. The number of hydrogen-bond acceptors (Lipinski definition) is 5. The standard InChI is InChI=1S/C19H27N5O2S/c1-5-20-19(21-9-8-18-22-11-13(2)27-18)23-12-15-6-7-17(26-4)16(10-15)24-14(3)25/h6-7,10-11H,5,8-9,12H2,1-4H3,(H,24,25)(H2,20,21,23). The second-order valence-electron chi connectivity index (χ2n) is 5.95. The van der Waals surface area contributed by atoms with Crippen LogP contribution in [0.15, 0.2) is 29.4 Å². The minimum Gasteiger partial charge on any atom is -0.495 e. The molecule has 1 aromatic heterocycles. The molecule has 0 radical (unpaired) electrons. The van der Waals surface area contributed by atoms with Crippen molar-refractivity contribution in [2.45, 2.75) is 33.7 Å². The zero-order chi connectivity index (χ0) is 19.6. The number of guanidine groups is 1. The van der Waals surface area contributed by atoms with Crippen molar-refractivity contribution >= 4 is 28.9 Å². The van der Waals surface area contributed by atoms with E-state index in [1.165, 1.54) is 11.8 Å². The molecule has 0 aliphatic rings. The molecule has 0 atom stereocenters. The molecule has 0 unspecified atom stereocenters. The Kier molecular flexibility index (Phi) is 8.06. The first-order chi connectivity index (χ1) is 13.0. The van der Waals surface area contributed by atoms with E-state index >= 15 is 0 Å². The number of methoxy groups -OCH3 is 1. The monoisotopic (exact) mass is 389 g/mol. The van der Waals surface area contributed by atoms with Gasteiger partial charge in [-0.05, 0) is 31.5 Å². The number of carbonyl (C=O) groups excluding carboxylic acids is 1. The summed E-state index contributed by atoms with van der Waals surface area (Å²) < 4.78 is 5.28. The number of aromatic nitrogens is 1. The lowest BCUT2D eigenvalue weighted by Gasteiger charge is -2.12. The fraction of sp³-hybridized carbons (Fsp3) is 0.421. The molecule has 0 fully saturated rings. The lowest BCUT2D eigenvalue weighted by molar-refractivity contribution is -0.114. The van der Waals surface area contributed by atoms with Crippen LogP contribution < -0.4 is 20.7 Å². The Labute approximate surface area is 164 Å². The van der Waals surface area contributed by atoms with Gasteiger partial charge in [0, 0.05) is 37.5 Å². The van der Waals surface area contributed by atoms with Crippen LogP contribution in [0.25, 0.3) is 0 Å². The maximum atomic E-state index is 11.4. The van der Waals surface area contributed by atoms with Gasteiger partial charge in [0.2, 0.25) is 5.91 Å². The van der Waals surface area contributed by atoms with E-state index in [1.54, 1.807) is 18.4 Å². The van der Waals surface area contributed by atoms with Gasteiger partial charge in [-0.2, -0.15) is 0 Å². The van der Waals surface area contributed by atoms with Gasteiger partial charge in [-0.1, -0.05) is 6.07 Å². The maximum Gasteiger partial charge on any atom is 0.221 e. The molecule has 27 heavy (non-hydrogen) atoms. The zero-order valence-corrected chi connectivity index (χ0v) is 17.1. The van der Waals surface area contributed by atoms with Crippen molar-refractivity contribution in [3.8, 4) is 5.75 Å². The molecule has 8 heteroatoms. The summed E-state index contributed by atoms with van der Waals surface area (Å²) in [5.41, 5.74) is 1.63. The number of aryl methyl sites for hydroxylation is 1. The number of benzene rings is 1. The van der Waals surface area contributed by atoms with Crippen LogP contribution >= 0.6 is 11.3 Å². The van der Waals surface area contributed by atoms with E-state index in [1.807, 2.05) is 31.3 Å². The van der Waals surface area contributed by atoms with E-state index in [0.717, 1.165) is 36.0 Å². The number of ether oxygens (including phenoxy) is 1. The summed E-state index contributed by atoms with van der Waals surface area (Å²) in [6, 6.07) is 5.66. The van der Waals surface area contributed by atoms with Crippen molar-refractivity contribution < 1.29 is 9.53 Å². The number of thiazole rings is 1. The maximum absolute atomic E-state index is 11.4. The molecule has 0 aliphatic carbocycles. The van der Waals surface area contributed by atoms with Crippen molar-refractivity contribution in [2.75, 3.05) is 25.5 Å². The summed E-state index contributed by atoms with van der Waals surface area (Å²) in [7, 11) is 1.58. The van der Waals surface area contributed by atoms with E-state index in [9.17, 15) is 4.79 Å². The third kappa shape index (κ3) is 6.90. The summed E-state index contributed by atoms with van der Waals surface area (Å²) in [5, 5.41) is 10.5. The molecule has 1 amide bonds. The first kappa shape index (κ1) is 20.7. The van der Waals surface area contributed by atoms with Crippen molar-refractivity contribution in [2.24, 2.45) is 4.99 Å². The summed E-state index contributed by atoms with van der Waals surface area (Å²) in [4.78, 5) is 21.6. The predicted octanol–water partition coefficient (Wildman–Crippen LogP) is 2.72. The molecule has 0 spiro atoms. The van der Waals surface area contributed by atoms with Gasteiger partial charge in [-0.3, -0.25) is 4.79 Å². The Hall–Kier alpha value is -2.61. The van der Waals surface area contributed by atoms with Crippen LogP contribution in [0, 0.1) is 6.92 Å². The molecule has 146 valence electrons. The van der Waals surface area contributed by atoms with E-state index in [2.05, 4.69) is 32.9 Å². The highest BCUT2D eigenvalue weighted by atomic mass is 32.1. The molecule has 0 aliphatic heterocycles. The van der Waals surface area contributed by atoms with Gasteiger partial charge in [0.15, 0.2) is 5.96 Å². The van der Waals surface area contributed by atoms with E-state index in [-0.39, 0.29) is 5.91 Å². The zero-order valence-electron chi connectivity index (χ0n) is 16.3. The second kappa shape index (κ2) is 10.5. The molecule has 0 saturated heterocycles. The van der Waals surface area contributed by atoms with Crippen molar-refractivity contribution in [3.05, 3.63) is 39.8 Å². The van der Waals surface area contributed by atoms with E-state index in [0.29, 0.717) is 18.0 Å². The van der Waals surface area contributed by atoms with Crippen LogP contribution in [0.4, 0.5) is 5.69 Å². The lowest BCUT2D eigenvalue weighted by atomic mass is 10.2. The van der Waals surface area contributed by atoms with Gasteiger partial charge in [0.25, 0.3) is 0 Å². The molecule has 2 aromatic rings. The van der Waals surface area contributed by atoms with E-state index in [4.69, 9.17) is 4.74 Å². The molecular weight excluding hydrogens is 362 g/mol. The fourth-order valence-corrected chi connectivity index (χ4v) is 3.24. The average Bonchev–Trinajstić information content (AvgIpc) is 3.04. The smallest absolute Gasteiger partial charge is 0.221 e. The fourth-order valence-electron chi connectivity index (χ4n) is 2.46. The van der Waals surface area contributed by atoms with Crippen LogP contribution in [0.5, 0.6) is 5.75 Å². The van der Waals surface area contributed by atoms with Gasteiger partial charge < -0.3 is 20.7 Å². The Morgan fingerprint density at radius 1 is 1.33 bits per heavy atom. The molecule has 3 N–H and O–H groups in total. The number of nitrogens with one attached hydrogen (secondary N) is 3. The summed E-state index contributed by atoms with van der Waals surface area (Å²) in [5.74, 6) is 1.24. The molecular formula is C19H27N5O2S. The quantitative estimate of drug-likeness (QED) is 0.477. The Bertz CT molecular complexity index is 788. The summed E-state index contributed by atoms with van der Waals surface area (Å²) in [6.45, 7) is 7.60. The first-order valence-corrected chi connectivity index (χ1v) is 9.71. The Morgan fingerprint density at radius 2 is 2.15 bits per heavy atom. The molecule has 7 nitrogen and oxygen atoms in total. The molecule has 1 heterocycles. The SMILES string of the molecule is CCNC(=NCc1ccc(OC)c(NC(C)=O)c1)NCCc1ncc(C)s1. The number of anilines is 1. The van der Waals surface area contributed by atoms with Crippen molar-refractivity contribution in [3.63, 3.8) is 0 Å². The normalized spacial score (nSPS) is 11.2. The summed E-state index contributed by atoms with van der Waals surface area (Å²) in [6.07, 6.45) is 2.76. The van der Waals surface area contributed by atoms with E-state index < -0.39 is 0 Å². The third-order valence-corrected chi connectivity index (χ3v) is 4.61. The Balaban J connectivity index is 1.99. The van der Waals surface area contributed by atoms with Gasteiger partial charge in [0.05, 0.1) is 24.3 Å². The highest BCUT2D eigenvalue weighted by Gasteiger charge is 2.06.